The highest BCUT2D eigenvalue weighted by atomic mass is 16.4. The Morgan fingerprint density at radius 1 is 1.41 bits per heavy atom. The van der Waals surface area contributed by atoms with Crippen molar-refractivity contribution in [2.24, 2.45) is 5.41 Å². The van der Waals surface area contributed by atoms with Gasteiger partial charge in [-0.15, -0.1) is 0 Å². The fourth-order valence-electron chi connectivity index (χ4n) is 1.94. The van der Waals surface area contributed by atoms with Crippen LogP contribution in [0.3, 0.4) is 0 Å². The van der Waals surface area contributed by atoms with Crippen LogP contribution < -0.4 is 5.32 Å². The van der Waals surface area contributed by atoms with Crippen LogP contribution in [0.5, 0.6) is 0 Å². The topological polar surface area (TPSA) is 49.3 Å². The second-order valence-electron chi connectivity index (χ2n) is 5.09. The molecule has 0 aliphatic carbocycles. The molecule has 0 spiro atoms. The Morgan fingerprint density at radius 3 is 2.47 bits per heavy atom. The maximum Gasteiger partial charge on any atom is 0.309 e. The molecule has 1 unspecified atom stereocenters. The SMILES string of the molecule is CNC(CC(C)(C)C(=O)O)c1ccccc1C. The van der Waals surface area contributed by atoms with Crippen LogP contribution in [0, 0.1) is 12.3 Å². The van der Waals surface area contributed by atoms with Gasteiger partial charge in [0.05, 0.1) is 5.41 Å². The molecule has 0 heterocycles. The Labute approximate surface area is 103 Å². The van der Waals surface area contributed by atoms with Gasteiger partial charge in [-0.05, 0) is 45.4 Å². The summed E-state index contributed by atoms with van der Waals surface area (Å²) < 4.78 is 0. The zero-order valence-electron chi connectivity index (χ0n) is 10.9. The molecule has 94 valence electrons. The minimum absolute atomic E-state index is 0.0716. The van der Waals surface area contributed by atoms with Crippen LogP contribution in [0.25, 0.3) is 0 Å². The van der Waals surface area contributed by atoms with Crippen molar-refractivity contribution < 1.29 is 9.90 Å². The molecule has 1 atom stereocenters. The number of nitrogens with one attached hydrogen (secondary N) is 1. The summed E-state index contributed by atoms with van der Waals surface area (Å²) in [5.41, 5.74) is 1.63. The third-order valence-corrected chi connectivity index (χ3v) is 3.21. The number of carboxylic acid groups (broad SMARTS) is 1. The van der Waals surface area contributed by atoms with Gasteiger partial charge in [-0.25, -0.2) is 0 Å². The van der Waals surface area contributed by atoms with E-state index >= 15 is 0 Å². The number of carboxylic acids is 1. The number of carbonyl (C=O) groups is 1. The fourth-order valence-corrected chi connectivity index (χ4v) is 1.94. The number of rotatable bonds is 5. The number of hydrogen-bond donors (Lipinski definition) is 2. The van der Waals surface area contributed by atoms with E-state index in [4.69, 9.17) is 0 Å². The molecule has 0 aromatic heterocycles. The van der Waals surface area contributed by atoms with E-state index in [-0.39, 0.29) is 6.04 Å². The summed E-state index contributed by atoms with van der Waals surface area (Å²) in [6.45, 7) is 5.57. The van der Waals surface area contributed by atoms with Crippen LogP contribution in [-0.4, -0.2) is 18.1 Å². The Bertz CT molecular complexity index is 399. The van der Waals surface area contributed by atoms with E-state index in [2.05, 4.69) is 11.4 Å². The summed E-state index contributed by atoms with van der Waals surface area (Å²) in [4.78, 5) is 11.2. The van der Waals surface area contributed by atoms with Crippen LogP contribution >= 0.6 is 0 Å². The van der Waals surface area contributed by atoms with Gasteiger partial charge >= 0.3 is 5.97 Å². The van der Waals surface area contributed by atoms with Crippen molar-refractivity contribution in [2.75, 3.05) is 7.05 Å². The minimum Gasteiger partial charge on any atom is -0.481 e. The molecule has 3 heteroatoms. The average molecular weight is 235 g/mol. The molecule has 1 aromatic rings. The maximum absolute atomic E-state index is 11.2. The molecule has 0 fully saturated rings. The summed E-state index contributed by atoms with van der Waals surface area (Å²) in [6.07, 6.45) is 0.573. The highest BCUT2D eigenvalue weighted by Gasteiger charge is 2.31. The lowest BCUT2D eigenvalue weighted by Gasteiger charge is -2.27. The zero-order chi connectivity index (χ0) is 13.1. The Balaban J connectivity index is 2.94. The first kappa shape index (κ1) is 13.7. The first-order valence-corrected chi connectivity index (χ1v) is 5.84. The Morgan fingerprint density at radius 2 is 2.00 bits per heavy atom. The van der Waals surface area contributed by atoms with E-state index in [0.717, 1.165) is 0 Å². The van der Waals surface area contributed by atoms with Crippen LogP contribution in [0.15, 0.2) is 24.3 Å². The van der Waals surface area contributed by atoms with Crippen molar-refractivity contribution in [3.63, 3.8) is 0 Å². The summed E-state index contributed by atoms with van der Waals surface area (Å²) >= 11 is 0. The normalized spacial score (nSPS) is 13.4. The Kier molecular flexibility index (Phi) is 4.29. The second kappa shape index (κ2) is 5.32. The summed E-state index contributed by atoms with van der Waals surface area (Å²) in [6, 6.07) is 8.15. The highest BCUT2D eigenvalue weighted by molar-refractivity contribution is 5.73. The third-order valence-electron chi connectivity index (χ3n) is 3.21. The predicted molar refractivity (Wildman–Crippen MR) is 69.0 cm³/mol. The molecule has 0 saturated carbocycles. The van der Waals surface area contributed by atoms with Gasteiger partial charge in [0.1, 0.15) is 0 Å². The van der Waals surface area contributed by atoms with Gasteiger partial charge in [-0.1, -0.05) is 24.3 Å². The van der Waals surface area contributed by atoms with Crippen molar-refractivity contribution in [2.45, 2.75) is 33.2 Å². The second-order valence-corrected chi connectivity index (χ2v) is 5.09. The number of aliphatic carboxylic acids is 1. The van der Waals surface area contributed by atoms with Crippen molar-refractivity contribution in [1.82, 2.24) is 5.32 Å². The molecular formula is C14H21NO2. The summed E-state index contributed by atoms with van der Waals surface area (Å²) in [5, 5.41) is 12.4. The molecule has 17 heavy (non-hydrogen) atoms. The van der Waals surface area contributed by atoms with Crippen LogP contribution in [-0.2, 0) is 4.79 Å². The van der Waals surface area contributed by atoms with E-state index in [1.165, 1.54) is 11.1 Å². The van der Waals surface area contributed by atoms with E-state index in [9.17, 15) is 9.90 Å². The fraction of sp³-hybridized carbons (Fsp3) is 0.500. The summed E-state index contributed by atoms with van der Waals surface area (Å²) in [5.74, 6) is -0.758. The van der Waals surface area contributed by atoms with E-state index in [1.54, 1.807) is 13.8 Å². The van der Waals surface area contributed by atoms with Crippen molar-refractivity contribution >= 4 is 5.97 Å². The first-order valence-electron chi connectivity index (χ1n) is 5.84. The van der Waals surface area contributed by atoms with E-state index < -0.39 is 11.4 Å². The molecule has 0 aliphatic heterocycles. The standard InChI is InChI=1S/C14H21NO2/c1-10-7-5-6-8-11(10)12(15-4)9-14(2,3)13(16)17/h5-8,12,15H,9H2,1-4H3,(H,16,17). The van der Waals surface area contributed by atoms with Crippen LogP contribution in [0.1, 0.15) is 37.4 Å². The first-order chi connectivity index (χ1) is 7.88. The maximum atomic E-state index is 11.2. The molecule has 0 amide bonds. The molecule has 0 radical (unpaired) electrons. The molecule has 0 saturated heterocycles. The van der Waals surface area contributed by atoms with Gasteiger partial charge in [-0.2, -0.15) is 0 Å². The molecule has 0 aliphatic rings. The molecular weight excluding hydrogens is 214 g/mol. The van der Waals surface area contributed by atoms with Gasteiger partial charge in [0, 0.05) is 6.04 Å². The van der Waals surface area contributed by atoms with Crippen molar-refractivity contribution in [3.05, 3.63) is 35.4 Å². The molecule has 0 bridgehead atoms. The van der Waals surface area contributed by atoms with Gasteiger partial charge in [-0.3, -0.25) is 4.79 Å². The van der Waals surface area contributed by atoms with Crippen molar-refractivity contribution in [1.29, 1.82) is 0 Å². The van der Waals surface area contributed by atoms with Gasteiger partial charge in [0.25, 0.3) is 0 Å². The Hall–Kier alpha value is -1.35. The number of hydrogen-bond acceptors (Lipinski definition) is 2. The number of benzene rings is 1. The van der Waals surface area contributed by atoms with E-state index in [1.807, 2.05) is 32.2 Å². The zero-order valence-corrected chi connectivity index (χ0v) is 10.9. The van der Waals surface area contributed by atoms with E-state index in [0.29, 0.717) is 6.42 Å². The van der Waals surface area contributed by atoms with Crippen molar-refractivity contribution in [3.8, 4) is 0 Å². The van der Waals surface area contributed by atoms with Gasteiger partial charge < -0.3 is 10.4 Å². The number of aryl methyl sites for hydroxylation is 1. The monoisotopic (exact) mass is 235 g/mol. The van der Waals surface area contributed by atoms with Gasteiger partial charge in [0.15, 0.2) is 0 Å². The third kappa shape index (κ3) is 3.30. The lowest BCUT2D eigenvalue weighted by Crippen LogP contribution is -2.30. The van der Waals surface area contributed by atoms with Crippen LogP contribution in [0.4, 0.5) is 0 Å². The lowest BCUT2D eigenvalue weighted by atomic mass is 9.83. The lowest BCUT2D eigenvalue weighted by molar-refractivity contribution is -0.147. The molecule has 3 nitrogen and oxygen atoms in total. The quantitative estimate of drug-likeness (QED) is 0.825. The smallest absolute Gasteiger partial charge is 0.309 e. The minimum atomic E-state index is -0.758. The van der Waals surface area contributed by atoms with Crippen LogP contribution in [0.2, 0.25) is 0 Å². The molecule has 2 N–H and O–H groups in total. The average Bonchev–Trinajstić information content (AvgIpc) is 2.26. The molecule has 1 aromatic carbocycles. The highest BCUT2D eigenvalue weighted by Crippen LogP contribution is 2.31. The molecule has 1 rings (SSSR count). The predicted octanol–water partition coefficient (Wildman–Crippen LogP) is 2.76. The largest absolute Gasteiger partial charge is 0.481 e. The summed E-state index contributed by atoms with van der Waals surface area (Å²) in [7, 11) is 1.87. The van der Waals surface area contributed by atoms with Gasteiger partial charge in [0.2, 0.25) is 0 Å².